The molecule has 0 spiro atoms. The van der Waals surface area contributed by atoms with Crippen molar-refractivity contribution in [1.29, 1.82) is 0 Å². The molecule has 0 fully saturated rings. The first-order valence-electron chi connectivity index (χ1n) is 5.31. The van der Waals surface area contributed by atoms with Crippen molar-refractivity contribution in [1.82, 2.24) is 4.57 Å². The molecule has 0 saturated heterocycles. The van der Waals surface area contributed by atoms with Gasteiger partial charge in [-0.15, -0.1) is 0 Å². The first-order valence-corrected chi connectivity index (χ1v) is 5.31. The fourth-order valence-electron chi connectivity index (χ4n) is 1.98. The van der Waals surface area contributed by atoms with E-state index in [4.69, 9.17) is 4.74 Å². The van der Waals surface area contributed by atoms with Gasteiger partial charge < -0.3 is 9.30 Å². The Bertz CT molecular complexity index is 457. The Hall–Kier alpha value is -1.28. The predicted molar refractivity (Wildman–Crippen MR) is 63.0 cm³/mol. The van der Waals surface area contributed by atoms with Gasteiger partial charge in [0.25, 0.3) is 0 Å². The maximum Gasteiger partial charge on any atom is 0.0733 e. The highest BCUT2D eigenvalue weighted by molar-refractivity contribution is 5.84. The molecule has 80 valence electrons. The number of ether oxygens (including phenoxy) is 1. The minimum atomic E-state index is 0.487. The molecule has 2 aromatic rings. The van der Waals surface area contributed by atoms with Gasteiger partial charge in [-0.2, -0.15) is 0 Å². The van der Waals surface area contributed by atoms with Gasteiger partial charge in [0.15, 0.2) is 0 Å². The zero-order chi connectivity index (χ0) is 10.8. The van der Waals surface area contributed by atoms with Crippen molar-refractivity contribution in [3.05, 3.63) is 36.0 Å². The predicted octanol–water partition coefficient (Wildman–Crippen LogP) is 3.37. The molecule has 0 atom stereocenters. The largest absolute Gasteiger partial charge is 0.380 e. The molecule has 0 aliphatic carbocycles. The molecule has 0 unspecified atom stereocenters. The molecule has 15 heavy (non-hydrogen) atoms. The highest BCUT2D eigenvalue weighted by Crippen LogP contribution is 2.24. The Kier molecular flexibility index (Phi) is 2.78. The number of hydrogen-bond acceptors (Lipinski definition) is 1. The van der Waals surface area contributed by atoms with Gasteiger partial charge in [-0.25, -0.2) is 0 Å². The SMILES string of the molecule is COCc1cn(C(C)C)c2ccccc12. The van der Waals surface area contributed by atoms with Crippen LogP contribution in [0.4, 0.5) is 0 Å². The molecule has 0 N–H and O–H groups in total. The lowest BCUT2D eigenvalue weighted by Gasteiger charge is -2.08. The van der Waals surface area contributed by atoms with Gasteiger partial charge in [0.05, 0.1) is 6.61 Å². The van der Waals surface area contributed by atoms with Crippen molar-refractivity contribution in [3.63, 3.8) is 0 Å². The van der Waals surface area contributed by atoms with Gasteiger partial charge in [0.2, 0.25) is 0 Å². The second-order valence-electron chi connectivity index (χ2n) is 4.11. The van der Waals surface area contributed by atoms with E-state index in [1.807, 2.05) is 0 Å². The van der Waals surface area contributed by atoms with Crippen molar-refractivity contribution in [2.24, 2.45) is 0 Å². The average molecular weight is 203 g/mol. The number of para-hydroxylation sites is 1. The number of hydrogen-bond donors (Lipinski definition) is 0. The third-order valence-electron chi connectivity index (χ3n) is 2.68. The maximum atomic E-state index is 5.22. The molecule has 1 heterocycles. The van der Waals surface area contributed by atoms with Crippen molar-refractivity contribution in [3.8, 4) is 0 Å². The van der Waals surface area contributed by atoms with Gasteiger partial charge in [0.1, 0.15) is 0 Å². The van der Waals surface area contributed by atoms with Crippen LogP contribution in [0, 0.1) is 0 Å². The topological polar surface area (TPSA) is 14.2 Å². The van der Waals surface area contributed by atoms with Crippen molar-refractivity contribution >= 4 is 10.9 Å². The van der Waals surface area contributed by atoms with Gasteiger partial charge in [-0.3, -0.25) is 0 Å². The fraction of sp³-hybridized carbons (Fsp3) is 0.385. The number of nitrogens with zero attached hydrogens (tertiary/aromatic N) is 1. The van der Waals surface area contributed by atoms with E-state index in [0.717, 1.165) is 0 Å². The Labute approximate surface area is 90.5 Å². The molecule has 2 rings (SSSR count). The third-order valence-corrected chi connectivity index (χ3v) is 2.68. The van der Waals surface area contributed by atoms with Crippen molar-refractivity contribution in [2.75, 3.05) is 7.11 Å². The van der Waals surface area contributed by atoms with E-state index >= 15 is 0 Å². The van der Waals surface area contributed by atoms with Crippen LogP contribution in [0.15, 0.2) is 30.5 Å². The van der Waals surface area contributed by atoms with Crippen LogP contribution in [0.3, 0.4) is 0 Å². The molecule has 0 saturated carbocycles. The average Bonchev–Trinajstić information content (AvgIpc) is 2.59. The summed E-state index contributed by atoms with van der Waals surface area (Å²) in [6, 6.07) is 8.96. The Morgan fingerprint density at radius 2 is 2.00 bits per heavy atom. The lowest BCUT2D eigenvalue weighted by atomic mass is 10.2. The molecule has 1 aromatic carbocycles. The highest BCUT2D eigenvalue weighted by atomic mass is 16.5. The smallest absolute Gasteiger partial charge is 0.0733 e. The summed E-state index contributed by atoms with van der Waals surface area (Å²) in [5, 5.41) is 1.30. The summed E-state index contributed by atoms with van der Waals surface area (Å²) in [5.41, 5.74) is 2.56. The molecule has 0 radical (unpaired) electrons. The van der Waals surface area contributed by atoms with Gasteiger partial charge in [-0.05, 0) is 19.9 Å². The van der Waals surface area contributed by atoms with Crippen LogP contribution >= 0.6 is 0 Å². The van der Waals surface area contributed by atoms with E-state index in [9.17, 15) is 0 Å². The second kappa shape index (κ2) is 4.07. The number of rotatable bonds is 3. The number of methoxy groups -OCH3 is 1. The molecular weight excluding hydrogens is 186 g/mol. The van der Waals surface area contributed by atoms with E-state index in [2.05, 4.69) is 48.9 Å². The molecule has 0 aliphatic heterocycles. The summed E-state index contributed by atoms with van der Waals surface area (Å²) in [4.78, 5) is 0. The standard InChI is InChI=1S/C13H17NO/c1-10(2)14-8-11(9-15-3)12-6-4-5-7-13(12)14/h4-8,10H,9H2,1-3H3. The van der Waals surface area contributed by atoms with Crippen molar-refractivity contribution < 1.29 is 4.74 Å². The van der Waals surface area contributed by atoms with Gasteiger partial charge in [-0.1, -0.05) is 18.2 Å². The monoisotopic (exact) mass is 203 g/mol. The quantitative estimate of drug-likeness (QED) is 0.746. The first-order chi connectivity index (χ1) is 7.24. The maximum absolute atomic E-state index is 5.22. The fourth-order valence-corrected chi connectivity index (χ4v) is 1.98. The zero-order valence-corrected chi connectivity index (χ0v) is 9.53. The van der Waals surface area contributed by atoms with Gasteiger partial charge in [0, 0.05) is 35.8 Å². The Balaban J connectivity index is 2.62. The number of fused-ring (bicyclic) bond motifs is 1. The van der Waals surface area contributed by atoms with E-state index in [1.54, 1.807) is 7.11 Å². The zero-order valence-electron chi connectivity index (χ0n) is 9.53. The second-order valence-corrected chi connectivity index (χ2v) is 4.11. The summed E-state index contributed by atoms with van der Waals surface area (Å²) in [7, 11) is 1.74. The minimum Gasteiger partial charge on any atom is -0.380 e. The molecular formula is C13H17NO. The molecule has 2 nitrogen and oxygen atoms in total. The number of benzene rings is 1. The summed E-state index contributed by atoms with van der Waals surface area (Å²) >= 11 is 0. The Morgan fingerprint density at radius 1 is 1.27 bits per heavy atom. The van der Waals surface area contributed by atoms with Gasteiger partial charge >= 0.3 is 0 Å². The van der Waals surface area contributed by atoms with Crippen LogP contribution in [-0.4, -0.2) is 11.7 Å². The van der Waals surface area contributed by atoms with E-state index in [0.29, 0.717) is 12.6 Å². The molecule has 0 aliphatic rings. The summed E-state index contributed by atoms with van der Waals surface area (Å²) in [6.45, 7) is 5.08. The van der Waals surface area contributed by atoms with Crippen LogP contribution < -0.4 is 0 Å². The van der Waals surface area contributed by atoms with Crippen LogP contribution in [0.1, 0.15) is 25.5 Å². The summed E-state index contributed by atoms with van der Waals surface area (Å²) in [6.07, 6.45) is 2.19. The van der Waals surface area contributed by atoms with Crippen LogP contribution in [-0.2, 0) is 11.3 Å². The summed E-state index contributed by atoms with van der Waals surface area (Å²) in [5.74, 6) is 0. The van der Waals surface area contributed by atoms with Crippen LogP contribution in [0.2, 0.25) is 0 Å². The van der Waals surface area contributed by atoms with E-state index in [-0.39, 0.29) is 0 Å². The lowest BCUT2D eigenvalue weighted by molar-refractivity contribution is 0.185. The molecule has 0 bridgehead atoms. The minimum absolute atomic E-state index is 0.487. The lowest BCUT2D eigenvalue weighted by Crippen LogP contribution is -1.97. The van der Waals surface area contributed by atoms with Crippen LogP contribution in [0.25, 0.3) is 10.9 Å². The van der Waals surface area contributed by atoms with Crippen molar-refractivity contribution in [2.45, 2.75) is 26.5 Å². The highest BCUT2D eigenvalue weighted by Gasteiger charge is 2.09. The van der Waals surface area contributed by atoms with E-state index < -0.39 is 0 Å². The van der Waals surface area contributed by atoms with Crippen LogP contribution in [0.5, 0.6) is 0 Å². The molecule has 0 amide bonds. The first kappa shape index (κ1) is 10.2. The number of aromatic nitrogens is 1. The summed E-state index contributed by atoms with van der Waals surface area (Å²) < 4.78 is 7.51. The van der Waals surface area contributed by atoms with E-state index in [1.165, 1.54) is 16.5 Å². The molecule has 1 aromatic heterocycles. The Morgan fingerprint density at radius 3 is 2.67 bits per heavy atom. The molecule has 2 heteroatoms. The normalized spacial score (nSPS) is 11.5. The third kappa shape index (κ3) is 1.77.